The molecule has 2 heterocycles. The number of fused-ring (bicyclic) bond motifs is 2. The average Bonchev–Trinajstić information content (AvgIpc) is 3.10. The maximum absolute atomic E-state index is 4.54. The number of rotatable bonds is 1. The van der Waals surface area contributed by atoms with Gasteiger partial charge in [0.25, 0.3) is 0 Å². The molecule has 4 rings (SSSR count). The standard InChI is InChI=1S/C13H11N3.C2H6.H2/c1-3-8-7-10(8)9(4-1)12-15-11-5-2-6-14-13(11)16-12;1-2;/h1-6,8,10H,7H2,(H,14,15,16);1-2H3;1H. The zero-order valence-electron chi connectivity index (χ0n) is 10.7. The molecule has 0 amide bonds. The summed E-state index contributed by atoms with van der Waals surface area (Å²) in [6.45, 7) is 4.00. The summed E-state index contributed by atoms with van der Waals surface area (Å²) in [4.78, 5) is 12.1. The molecule has 0 bridgehead atoms. The van der Waals surface area contributed by atoms with Gasteiger partial charge in [0.2, 0.25) is 0 Å². The van der Waals surface area contributed by atoms with E-state index in [9.17, 15) is 0 Å². The number of hydrogen-bond donors (Lipinski definition) is 1. The van der Waals surface area contributed by atoms with E-state index in [0.29, 0.717) is 5.92 Å². The van der Waals surface area contributed by atoms with Crippen molar-refractivity contribution in [3.63, 3.8) is 0 Å². The topological polar surface area (TPSA) is 41.6 Å². The van der Waals surface area contributed by atoms with Crippen molar-refractivity contribution in [1.29, 1.82) is 0 Å². The maximum atomic E-state index is 4.54. The average molecular weight is 241 g/mol. The lowest BCUT2D eigenvalue weighted by atomic mass is 10.0. The Bertz CT molecular complexity index is 594. The molecule has 3 nitrogen and oxygen atoms in total. The molecule has 18 heavy (non-hydrogen) atoms. The molecular weight excluding hydrogens is 222 g/mol. The van der Waals surface area contributed by atoms with Gasteiger partial charge in [-0.05, 0) is 36.0 Å². The Morgan fingerprint density at radius 3 is 3.11 bits per heavy atom. The van der Waals surface area contributed by atoms with E-state index < -0.39 is 0 Å². The highest BCUT2D eigenvalue weighted by molar-refractivity contribution is 5.77. The van der Waals surface area contributed by atoms with Crippen molar-refractivity contribution in [2.24, 2.45) is 11.8 Å². The van der Waals surface area contributed by atoms with Crippen molar-refractivity contribution in [1.82, 2.24) is 15.0 Å². The zero-order chi connectivity index (χ0) is 12.5. The van der Waals surface area contributed by atoms with Gasteiger partial charge in [0.1, 0.15) is 5.82 Å². The van der Waals surface area contributed by atoms with Crippen LogP contribution in [0.1, 0.15) is 27.5 Å². The highest BCUT2D eigenvalue weighted by Gasteiger charge is 2.40. The number of hydrogen-bond acceptors (Lipinski definition) is 2. The number of pyridine rings is 1. The molecule has 0 spiro atoms. The summed E-state index contributed by atoms with van der Waals surface area (Å²) in [5, 5.41) is 0. The predicted octanol–water partition coefficient (Wildman–Crippen LogP) is 3.82. The fourth-order valence-electron chi connectivity index (χ4n) is 2.45. The number of aromatic nitrogens is 3. The fraction of sp³-hybridized carbons (Fsp3) is 0.333. The van der Waals surface area contributed by atoms with E-state index in [1.807, 2.05) is 26.0 Å². The second-order valence-corrected chi connectivity index (χ2v) is 4.47. The van der Waals surface area contributed by atoms with Gasteiger partial charge in [-0.25, -0.2) is 9.97 Å². The first kappa shape index (κ1) is 11.2. The fourth-order valence-corrected chi connectivity index (χ4v) is 2.45. The van der Waals surface area contributed by atoms with Crippen LogP contribution in [0.2, 0.25) is 0 Å². The van der Waals surface area contributed by atoms with Gasteiger partial charge in [0.05, 0.1) is 5.52 Å². The molecule has 1 N–H and O–H groups in total. The Labute approximate surface area is 108 Å². The first-order chi connectivity index (χ1) is 8.92. The molecule has 0 aliphatic heterocycles. The van der Waals surface area contributed by atoms with Crippen molar-refractivity contribution >= 4 is 16.7 Å². The third-order valence-electron chi connectivity index (χ3n) is 3.40. The van der Waals surface area contributed by atoms with E-state index in [4.69, 9.17) is 0 Å². The van der Waals surface area contributed by atoms with Crippen LogP contribution in [0.3, 0.4) is 0 Å². The van der Waals surface area contributed by atoms with Crippen molar-refractivity contribution in [2.45, 2.75) is 20.3 Å². The maximum Gasteiger partial charge on any atom is 0.178 e. The van der Waals surface area contributed by atoms with Gasteiger partial charge in [-0.3, -0.25) is 0 Å². The van der Waals surface area contributed by atoms with Crippen LogP contribution in [0.25, 0.3) is 16.7 Å². The molecule has 2 unspecified atom stereocenters. The van der Waals surface area contributed by atoms with Gasteiger partial charge >= 0.3 is 0 Å². The third kappa shape index (κ3) is 1.76. The van der Waals surface area contributed by atoms with Gasteiger partial charge in [-0.1, -0.05) is 32.1 Å². The second kappa shape index (κ2) is 4.41. The van der Waals surface area contributed by atoms with E-state index in [2.05, 4.69) is 33.2 Å². The first-order valence-corrected chi connectivity index (χ1v) is 6.61. The summed E-state index contributed by atoms with van der Waals surface area (Å²) in [5.74, 6) is 2.43. The largest absolute Gasteiger partial charge is 0.337 e. The molecule has 1 saturated carbocycles. The lowest BCUT2D eigenvalue weighted by Gasteiger charge is -2.04. The number of imidazole rings is 1. The monoisotopic (exact) mass is 241 g/mol. The van der Waals surface area contributed by atoms with Crippen molar-refractivity contribution in [3.05, 3.63) is 42.4 Å². The number of allylic oxidation sites excluding steroid dienone is 4. The molecule has 3 heteroatoms. The number of nitrogens with zero attached hydrogens (tertiary/aromatic N) is 2. The summed E-state index contributed by atoms with van der Waals surface area (Å²) >= 11 is 0. The summed E-state index contributed by atoms with van der Waals surface area (Å²) in [6, 6.07) is 3.95. The molecule has 2 aromatic heterocycles. The van der Waals surface area contributed by atoms with E-state index in [-0.39, 0.29) is 1.43 Å². The van der Waals surface area contributed by atoms with Crippen molar-refractivity contribution in [3.8, 4) is 0 Å². The molecular formula is C15H19N3. The van der Waals surface area contributed by atoms with Crippen LogP contribution in [0.5, 0.6) is 0 Å². The van der Waals surface area contributed by atoms with Crippen LogP contribution in [0.4, 0.5) is 0 Å². The molecule has 2 aromatic rings. The number of aromatic amines is 1. The van der Waals surface area contributed by atoms with Crippen LogP contribution in [-0.2, 0) is 0 Å². The SMILES string of the molecule is C1=CC2CC2C(c2nc3ncccc3[nH]2)=C1.CC.[HH]. The molecule has 94 valence electrons. The van der Waals surface area contributed by atoms with Gasteiger partial charge < -0.3 is 4.98 Å². The summed E-state index contributed by atoms with van der Waals surface area (Å²) in [6.07, 6.45) is 9.65. The van der Waals surface area contributed by atoms with Gasteiger partial charge in [0.15, 0.2) is 5.65 Å². The van der Waals surface area contributed by atoms with Crippen LogP contribution < -0.4 is 0 Å². The lowest BCUT2D eigenvalue weighted by molar-refractivity contribution is 0.980. The minimum absolute atomic E-state index is 0. The van der Waals surface area contributed by atoms with Crippen molar-refractivity contribution in [2.75, 3.05) is 0 Å². The van der Waals surface area contributed by atoms with E-state index in [0.717, 1.165) is 22.9 Å². The minimum Gasteiger partial charge on any atom is -0.337 e. The Morgan fingerprint density at radius 2 is 2.28 bits per heavy atom. The lowest BCUT2D eigenvalue weighted by Crippen LogP contribution is -1.93. The van der Waals surface area contributed by atoms with E-state index in [1.54, 1.807) is 6.20 Å². The molecule has 2 aliphatic rings. The normalized spacial score (nSPS) is 24.0. The van der Waals surface area contributed by atoms with E-state index in [1.165, 1.54) is 12.0 Å². The van der Waals surface area contributed by atoms with E-state index >= 15 is 0 Å². The number of nitrogens with one attached hydrogen (secondary N) is 1. The third-order valence-corrected chi connectivity index (χ3v) is 3.40. The summed E-state index contributed by atoms with van der Waals surface area (Å²) < 4.78 is 0. The second-order valence-electron chi connectivity index (χ2n) is 4.47. The van der Waals surface area contributed by atoms with Crippen LogP contribution in [0.15, 0.2) is 36.6 Å². The predicted molar refractivity (Wildman–Crippen MR) is 76.1 cm³/mol. The highest BCUT2D eigenvalue weighted by atomic mass is 15.0. The molecule has 0 aromatic carbocycles. The Morgan fingerprint density at radius 1 is 1.39 bits per heavy atom. The number of H-pyrrole nitrogens is 1. The summed E-state index contributed by atoms with van der Waals surface area (Å²) in [5.41, 5.74) is 3.17. The Kier molecular flexibility index (Phi) is 2.74. The molecule has 2 aliphatic carbocycles. The van der Waals surface area contributed by atoms with Crippen LogP contribution in [0, 0.1) is 11.8 Å². The highest BCUT2D eigenvalue weighted by Crippen LogP contribution is 2.50. The Hall–Kier alpha value is -1.90. The van der Waals surface area contributed by atoms with Crippen LogP contribution in [-0.4, -0.2) is 15.0 Å². The smallest absolute Gasteiger partial charge is 0.178 e. The van der Waals surface area contributed by atoms with Crippen LogP contribution >= 0.6 is 0 Å². The Balaban J connectivity index is 0.000000426. The van der Waals surface area contributed by atoms with Gasteiger partial charge in [0, 0.05) is 7.62 Å². The quantitative estimate of drug-likeness (QED) is 0.824. The summed E-state index contributed by atoms with van der Waals surface area (Å²) in [7, 11) is 0. The van der Waals surface area contributed by atoms with Crippen molar-refractivity contribution < 1.29 is 1.43 Å². The first-order valence-electron chi connectivity index (χ1n) is 6.61. The van der Waals surface area contributed by atoms with Gasteiger partial charge in [-0.15, -0.1) is 0 Å². The zero-order valence-corrected chi connectivity index (χ0v) is 10.7. The minimum atomic E-state index is 0. The molecule has 1 fully saturated rings. The molecule has 0 radical (unpaired) electrons. The molecule has 0 saturated heterocycles. The molecule has 2 atom stereocenters. The van der Waals surface area contributed by atoms with Gasteiger partial charge in [-0.2, -0.15) is 0 Å².